The Morgan fingerprint density at radius 2 is 2.00 bits per heavy atom. The fourth-order valence-corrected chi connectivity index (χ4v) is 3.41. The maximum atomic E-state index is 10.2. The number of anilines is 1. The molecule has 7 heteroatoms. The van der Waals surface area contributed by atoms with E-state index < -0.39 is 6.10 Å². The normalized spacial score (nSPS) is 20.1. The van der Waals surface area contributed by atoms with Crippen molar-refractivity contribution in [2.75, 3.05) is 25.5 Å². The van der Waals surface area contributed by atoms with Gasteiger partial charge in [0.15, 0.2) is 0 Å². The summed E-state index contributed by atoms with van der Waals surface area (Å²) in [4.78, 5) is 13.0. The number of β-amino-alcohol motifs (C(OH)–C–C–N with tert-alkyl or cyclic N) is 1. The maximum absolute atomic E-state index is 10.2. The number of likely N-dealkylation sites (tertiary alicyclic amines) is 1. The lowest BCUT2D eigenvalue weighted by molar-refractivity contribution is 0.169. The first-order valence-electron chi connectivity index (χ1n) is 9.03. The third-order valence-electron chi connectivity index (χ3n) is 4.84. The van der Waals surface area contributed by atoms with Gasteiger partial charge in [0.05, 0.1) is 12.1 Å². The highest BCUT2D eigenvalue weighted by molar-refractivity contribution is 5.47. The minimum atomic E-state index is -0.402. The second-order valence-electron chi connectivity index (χ2n) is 7.07. The van der Waals surface area contributed by atoms with Crippen LogP contribution >= 0.6 is 0 Å². The molecule has 1 aliphatic heterocycles. The molecule has 2 atom stereocenters. The predicted octanol–water partition coefficient (Wildman–Crippen LogP) is 2.51. The average molecular weight is 365 g/mol. The molecule has 140 valence electrons. The van der Waals surface area contributed by atoms with E-state index in [9.17, 15) is 5.11 Å². The van der Waals surface area contributed by atoms with Crippen LogP contribution in [0.5, 0.6) is 0 Å². The number of pyridine rings is 1. The number of hydrogen-bond donors (Lipinski definition) is 1. The zero-order valence-electron chi connectivity index (χ0n) is 15.5. The first-order valence-corrected chi connectivity index (χ1v) is 9.03. The summed E-state index contributed by atoms with van der Waals surface area (Å²) in [7, 11) is 4.05. The van der Waals surface area contributed by atoms with E-state index in [0.29, 0.717) is 30.4 Å². The summed E-state index contributed by atoms with van der Waals surface area (Å²) in [5.74, 6) is 0.999. The first-order chi connectivity index (χ1) is 13.1. The van der Waals surface area contributed by atoms with Crippen molar-refractivity contribution in [2.24, 2.45) is 0 Å². The van der Waals surface area contributed by atoms with Gasteiger partial charge in [-0.2, -0.15) is 4.98 Å². The van der Waals surface area contributed by atoms with Crippen LogP contribution in [0.2, 0.25) is 0 Å². The van der Waals surface area contributed by atoms with Gasteiger partial charge in [-0.3, -0.25) is 9.88 Å². The van der Waals surface area contributed by atoms with Crippen molar-refractivity contribution in [1.82, 2.24) is 20.0 Å². The van der Waals surface area contributed by atoms with Gasteiger partial charge in [-0.25, -0.2) is 0 Å². The molecule has 4 rings (SSSR count). The van der Waals surface area contributed by atoms with Crippen LogP contribution in [-0.4, -0.2) is 51.9 Å². The molecule has 0 saturated carbocycles. The number of nitrogens with zero attached hydrogens (tertiary/aromatic N) is 5. The standard InChI is InChI=1S/C20H23N5O2/c1-24(2)15-8-6-14(7-9-15)12-25-13-16(26)11-18(25)20-22-19(23-27-20)17-5-3-4-10-21-17/h3-10,16,18,26H,11-13H2,1-2H3. The molecular formula is C20H23N5O2. The quantitative estimate of drug-likeness (QED) is 0.744. The highest BCUT2D eigenvalue weighted by Crippen LogP contribution is 2.33. The molecule has 1 aromatic carbocycles. The van der Waals surface area contributed by atoms with E-state index in [0.717, 1.165) is 12.2 Å². The van der Waals surface area contributed by atoms with Gasteiger partial charge in [0, 0.05) is 39.1 Å². The third-order valence-corrected chi connectivity index (χ3v) is 4.84. The molecular weight excluding hydrogens is 342 g/mol. The number of rotatable bonds is 5. The molecule has 0 aliphatic carbocycles. The Morgan fingerprint density at radius 1 is 1.19 bits per heavy atom. The largest absolute Gasteiger partial charge is 0.392 e. The lowest BCUT2D eigenvalue weighted by atomic mass is 10.1. The summed E-state index contributed by atoms with van der Waals surface area (Å²) < 4.78 is 5.51. The Balaban J connectivity index is 1.52. The Morgan fingerprint density at radius 3 is 2.70 bits per heavy atom. The number of aromatic nitrogens is 3. The van der Waals surface area contributed by atoms with Crippen molar-refractivity contribution in [1.29, 1.82) is 0 Å². The second kappa shape index (κ2) is 7.46. The van der Waals surface area contributed by atoms with Gasteiger partial charge in [-0.15, -0.1) is 0 Å². The van der Waals surface area contributed by atoms with E-state index in [1.165, 1.54) is 5.56 Å². The minimum absolute atomic E-state index is 0.0986. The van der Waals surface area contributed by atoms with Crippen molar-refractivity contribution in [3.05, 3.63) is 60.1 Å². The molecule has 1 aliphatic rings. The van der Waals surface area contributed by atoms with Crippen LogP contribution in [0.4, 0.5) is 5.69 Å². The molecule has 3 heterocycles. The Hall–Kier alpha value is -2.77. The fraction of sp³-hybridized carbons (Fsp3) is 0.350. The lowest BCUT2D eigenvalue weighted by Gasteiger charge is -2.21. The van der Waals surface area contributed by atoms with Crippen LogP contribution in [0.15, 0.2) is 53.2 Å². The van der Waals surface area contributed by atoms with Gasteiger partial charge in [0.2, 0.25) is 11.7 Å². The predicted molar refractivity (Wildman–Crippen MR) is 102 cm³/mol. The molecule has 1 N–H and O–H groups in total. The highest BCUT2D eigenvalue weighted by Gasteiger charge is 2.36. The molecule has 3 aromatic rings. The minimum Gasteiger partial charge on any atom is -0.392 e. The zero-order chi connectivity index (χ0) is 18.8. The Kier molecular flexibility index (Phi) is 4.87. The fourth-order valence-electron chi connectivity index (χ4n) is 3.41. The molecule has 27 heavy (non-hydrogen) atoms. The number of aliphatic hydroxyl groups is 1. The molecule has 0 amide bonds. The van der Waals surface area contributed by atoms with Gasteiger partial charge in [0.25, 0.3) is 0 Å². The molecule has 0 spiro atoms. The molecule has 2 aromatic heterocycles. The highest BCUT2D eigenvalue weighted by atomic mass is 16.5. The summed E-state index contributed by atoms with van der Waals surface area (Å²) >= 11 is 0. The Labute approximate surface area is 158 Å². The van der Waals surface area contributed by atoms with Crippen molar-refractivity contribution >= 4 is 5.69 Å². The molecule has 1 saturated heterocycles. The van der Waals surface area contributed by atoms with E-state index in [1.54, 1.807) is 6.20 Å². The van der Waals surface area contributed by atoms with E-state index in [1.807, 2.05) is 32.3 Å². The van der Waals surface area contributed by atoms with Crippen molar-refractivity contribution < 1.29 is 9.63 Å². The van der Waals surface area contributed by atoms with Crippen molar-refractivity contribution in [3.8, 4) is 11.5 Å². The van der Waals surface area contributed by atoms with E-state index >= 15 is 0 Å². The summed E-state index contributed by atoms with van der Waals surface area (Å²) in [6.45, 7) is 1.30. The smallest absolute Gasteiger partial charge is 0.244 e. The number of benzene rings is 1. The SMILES string of the molecule is CN(C)c1ccc(CN2CC(O)CC2c2nc(-c3ccccn3)no2)cc1. The third kappa shape index (κ3) is 3.84. The molecule has 0 radical (unpaired) electrons. The number of aliphatic hydroxyl groups excluding tert-OH is 1. The summed E-state index contributed by atoms with van der Waals surface area (Å²) in [6.07, 6.45) is 1.88. The first kappa shape index (κ1) is 17.6. The topological polar surface area (TPSA) is 78.5 Å². The summed E-state index contributed by atoms with van der Waals surface area (Å²) in [6, 6.07) is 13.9. The van der Waals surface area contributed by atoms with Crippen LogP contribution in [0.25, 0.3) is 11.5 Å². The van der Waals surface area contributed by atoms with Crippen LogP contribution in [-0.2, 0) is 6.54 Å². The molecule has 2 unspecified atom stereocenters. The lowest BCUT2D eigenvalue weighted by Crippen LogP contribution is -2.24. The van der Waals surface area contributed by atoms with E-state index in [4.69, 9.17) is 4.52 Å². The molecule has 1 fully saturated rings. The maximum Gasteiger partial charge on any atom is 0.244 e. The van der Waals surface area contributed by atoms with Crippen LogP contribution < -0.4 is 4.90 Å². The van der Waals surface area contributed by atoms with Gasteiger partial charge in [-0.1, -0.05) is 23.4 Å². The number of hydrogen-bond acceptors (Lipinski definition) is 7. The molecule has 0 bridgehead atoms. The average Bonchev–Trinajstić information content (AvgIpc) is 3.29. The summed E-state index contributed by atoms with van der Waals surface area (Å²) in [5.41, 5.74) is 3.02. The zero-order valence-corrected chi connectivity index (χ0v) is 15.5. The van der Waals surface area contributed by atoms with Crippen LogP contribution in [0, 0.1) is 0 Å². The van der Waals surface area contributed by atoms with Gasteiger partial charge < -0.3 is 14.5 Å². The van der Waals surface area contributed by atoms with Crippen LogP contribution in [0.1, 0.15) is 23.9 Å². The van der Waals surface area contributed by atoms with Gasteiger partial charge >= 0.3 is 0 Å². The van der Waals surface area contributed by atoms with Gasteiger partial charge in [0.1, 0.15) is 5.69 Å². The van der Waals surface area contributed by atoms with Crippen molar-refractivity contribution in [3.63, 3.8) is 0 Å². The van der Waals surface area contributed by atoms with Crippen molar-refractivity contribution in [2.45, 2.75) is 25.1 Å². The molecule has 7 nitrogen and oxygen atoms in total. The van der Waals surface area contributed by atoms with E-state index in [2.05, 4.69) is 49.2 Å². The summed E-state index contributed by atoms with van der Waals surface area (Å²) in [5, 5.41) is 14.3. The Bertz CT molecular complexity index is 879. The van der Waals surface area contributed by atoms with E-state index in [-0.39, 0.29) is 6.04 Å². The van der Waals surface area contributed by atoms with Crippen LogP contribution in [0.3, 0.4) is 0 Å². The monoisotopic (exact) mass is 365 g/mol. The second-order valence-corrected chi connectivity index (χ2v) is 7.07. The van der Waals surface area contributed by atoms with Gasteiger partial charge in [-0.05, 0) is 36.2 Å².